The molecule has 2 heterocycles. The van der Waals surface area contributed by atoms with E-state index in [9.17, 15) is 4.79 Å². The molecule has 0 atom stereocenters. The van der Waals surface area contributed by atoms with E-state index in [0.29, 0.717) is 19.4 Å². The number of nitrogens with one attached hydrogen (secondary N) is 1. The number of nitrogens with zero attached hydrogens (tertiary/aromatic N) is 1. The number of amides is 1. The molecule has 3 nitrogen and oxygen atoms in total. The summed E-state index contributed by atoms with van der Waals surface area (Å²) in [6.07, 6.45) is 1.17. The van der Waals surface area contributed by atoms with E-state index in [2.05, 4.69) is 32.3 Å². The van der Waals surface area contributed by atoms with Gasteiger partial charge in [-0.25, -0.2) is 4.98 Å². The molecule has 0 aliphatic heterocycles. The van der Waals surface area contributed by atoms with Gasteiger partial charge < -0.3 is 5.32 Å². The minimum Gasteiger partial charge on any atom is -0.351 e. The van der Waals surface area contributed by atoms with Gasteiger partial charge in [0.15, 0.2) is 0 Å². The number of carbonyl (C=O) groups is 1. The number of fused-ring (bicyclic) bond motifs is 1. The van der Waals surface area contributed by atoms with Crippen LogP contribution in [-0.2, 0) is 17.8 Å². The van der Waals surface area contributed by atoms with Crippen molar-refractivity contribution in [1.29, 1.82) is 0 Å². The highest BCUT2D eigenvalue weighted by Crippen LogP contribution is 2.25. The summed E-state index contributed by atoms with van der Waals surface area (Å²) in [5.41, 5.74) is 0.989. The maximum Gasteiger partial charge on any atom is 0.220 e. The monoisotopic (exact) mass is 380 g/mol. The molecule has 3 aromatic rings. The molecule has 0 aliphatic rings. The molecule has 0 spiro atoms. The zero-order chi connectivity index (χ0) is 14.7. The summed E-state index contributed by atoms with van der Waals surface area (Å²) in [5, 5.41) is 5.96. The van der Waals surface area contributed by atoms with Crippen molar-refractivity contribution in [1.82, 2.24) is 10.3 Å². The van der Waals surface area contributed by atoms with E-state index in [4.69, 9.17) is 0 Å². The van der Waals surface area contributed by atoms with Gasteiger partial charge in [-0.2, -0.15) is 0 Å². The summed E-state index contributed by atoms with van der Waals surface area (Å²) in [5.74, 6) is 0.0730. The second kappa shape index (κ2) is 6.68. The van der Waals surface area contributed by atoms with Crippen LogP contribution in [0.25, 0.3) is 10.2 Å². The van der Waals surface area contributed by atoms with Gasteiger partial charge in [-0.05, 0) is 29.6 Å². The molecule has 6 heteroatoms. The minimum atomic E-state index is 0.0730. The number of halogens is 1. The maximum atomic E-state index is 11.8. The minimum absolute atomic E-state index is 0.0730. The molecule has 0 unspecified atom stereocenters. The van der Waals surface area contributed by atoms with Crippen LogP contribution in [-0.4, -0.2) is 10.9 Å². The molecule has 0 radical (unpaired) electrons. The van der Waals surface area contributed by atoms with Crippen LogP contribution in [0.1, 0.15) is 16.3 Å². The Hall–Kier alpha value is -1.24. The molecule has 1 aromatic carbocycles. The van der Waals surface area contributed by atoms with Crippen molar-refractivity contribution in [2.45, 2.75) is 19.4 Å². The average Bonchev–Trinajstić information content (AvgIpc) is 3.11. The molecule has 21 heavy (non-hydrogen) atoms. The molecular formula is C15H13BrN2OS2. The summed E-state index contributed by atoms with van der Waals surface area (Å²) in [7, 11) is 0. The van der Waals surface area contributed by atoms with Crippen LogP contribution < -0.4 is 5.32 Å². The highest BCUT2D eigenvalue weighted by molar-refractivity contribution is 9.10. The molecule has 0 saturated heterocycles. The largest absolute Gasteiger partial charge is 0.351 e. The normalized spacial score (nSPS) is 10.9. The Morgan fingerprint density at radius 1 is 1.33 bits per heavy atom. The number of thiazole rings is 1. The lowest BCUT2D eigenvalue weighted by Gasteiger charge is -2.02. The van der Waals surface area contributed by atoms with Crippen LogP contribution in [0.4, 0.5) is 0 Å². The van der Waals surface area contributed by atoms with Gasteiger partial charge in [0.2, 0.25) is 5.91 Å². The first-order valence-electron chi connectivity index (χ1n) is 6.55. The molecule has 0 saturated carbocycles. The van der Waals surface area contributed by atoms with Crippen molar-refractivity contribution in [2.24, 2.45) is 0 Å². The average molecular weight is 381 g/mol. The molecular weight excluding hydrogens is 368 g/mol. The lowest BCUT2D eigenvalue weighted by molar-refractivity contribution is -0.121. The Bertz CT molecular complexity index is 752. The number of hydrogen-bond acceptors (Lipinski definition) is 4. The Labute approximate surface area is 139 Å². The van der Waals surface area contributed by atoms with Gasteiger partial charge >= 0.3 is 0 Å². The van der Waals surface area contributed by atoms with Crippen molar-refractivity contribution in [3.8, 4) is 0 Å². The Morgan fingerprint density at radius 3 is 3.05 bits per heavy atom. The van der Waals surface area contributed by atoms with Crippen LogP contribution >= 0.6 is 38.6 Å². The standard InChI is InChI=1S/C15H13BrN2OS2/c16-10-3-4-13-12(8-10)18-15(21-13)6-5-14(19)17-9-11-2-1-7-20-11/h1-4,7-8H,5-6,9H2,(H,17,19). The molecule has 0 aliphatic carbocycles. The van der Waals surface area contributed by atoms with Crippen LogP contribution in [0.2, 0.25) is 0 Å². The van der Waals surface area contributed by atoms with Crippen LogP contribution in [0, 0.1) is 0 Å². The van der Waals surface area contributed by atoms with Crippen LogP contribution in [0.15, 0.2) is 40.2 Å². The molecule has 1 N–H and O–H groups in total. The predicted octanol–water partition coefficient (Wildman–Crippen LogP) is 4.37. The SMILES string of the molecule is O=C(CCc1nc2cc(Br)ccc2s1)NCc1cccs1. The predicted molar refractivity (Wildman–Crippen MR) is 91.8 cm³/mol. The van der Waals surface area contributed by atoms with Crippen molar-refractivity contribution in [3.05, 3.63) is 50.1 Å². The number of aryl methyl sites for hydroxylation is 1. The third kappa shape index (κ3) is 3.90. The summed E-state index contributed by atoms with van der Waals surface area (Å²) in [6.45, 7) is 0.614. The molecule has 108 valence electrons. The number of thiophene rings is 1. The summed E-state index contributed by atoms with van der Waals surface area (Å²) in [4.78, 5) is 17.6. The lowest BCUT2D eigenvalue weighted by atomic mass is 10.3. The van der Waals surface area contributed by atoms with E-state index in [0.717, 1.165) is 19.7 Å². The first-order valence-corrected chi connectivity index (χ1v) is 9.04. The van der Waals surface area contributed by atoms with Gasteiger partial charge in [0.25, 0.3) is 0 Å². The van der Waals surface area contributed by atoms with Crippen molar-refractivity contribution >= 4 is 54.7 Å². The first kappa shape index (κ1) is 14.7. The highest BCUT2D eigenvalue weighted by atomic mass is 79.9. The topological polar surface area (TPSA) is 42.0 Å². The lowest BCUT2D eigenvalue weighted by Crippen LogP contribution is -2.22. The zero-order valence-electron chi connectivity index (χ0n) is 11.1. The van der Waals surface area contributed by atoms with Gasteiger partial charge in [-0.3, -0.25) is 4.79 Å². The molecule has 0 bridgehead atoms. The van der Waals surface area contributed by atoms with Crippen molar-refractivity contribution in [3.63, 3.8) is 0 Å². The highest BCUT2D eigenvalue weighted by Gasteiger charge is 2.07. The van der Waals surface area contributed by atoms with E-state index in [1.165, 1.54) is 4.88 Å². The third-order valence-electron chi connectivity index (χ3n) is 3.00. The van der Waals surface area contributed by atoms with E-state index in [-0.39, 0.29) is 5.91 Å². The summed E-state index contributed by atoms with van der Waals surface area (Å²) >= 11 is 6.75. The number of carbonyl (C=O) groups excluding carboxylic acids is 1. The fourth-order valence-corrected chi connectivity index (χ4v) is 3.90. The first-order chi connectivity index (χ1) is 10.2. The molecule has 2 aromatic heterocycles. The van der Waals surface area contributed by atoms with E-state index in [1.807, 2.05) is 29.6 Å². The molecule has 1 amide bonds. The third-order valence-corrected chi connectivity index (χ3v) is 5.47. The summed E-state index contributed by atoms with van der Waals surface area (Å²) < 4.78 is 2.19. The Kier molecular flexibility index (Phi) is 4.67. The Morgan fingerprint density at radius 2 is 2.24 bits per heavy atom. The number of benzene rings is 1. The molecule has 0 fully saturated rings. The van der Waals surface area contributed by atoms with Crippen molar-refractivity contribution in [2.75, 3.05) is 0 Å². The van der Waals surface area contributed by atoms with Gasteiger partial charge in [0.05, 0.1) is 21.8 Å². The van der Waals surface area contributed by atoms with Gasteiger partial charge in [-0.15, -0.1) is 22.7 Å². The smallest absolute Gasteiger partial charge is 0.220 e. The van der Waals surface area contributed by atoms with E-state index < -0.39 is 0 Å². The Balaban J connectivity index is 1.54. The summed E-state index contributed by atoms with van der Waals surface area (Å²) in [6, 6.07) is 10.1. The van der Waals surface area contributed by atoms with Gasteiger partial charge in [0.1, 0.15) is 0 Å². The van der Waals surface area contributed by atoms with Gasteiger partial charge in [-0.1, -0.05) is 22.0 Å². The van der Waals surface area contributed by atoms with Gasteiger partial charge in [0, 0.05) is 22.2 Å². The number of hydrogen-bond donors (Lipinski definition) is 1. The number of rotatable bonds is 5. The zero-order valence-corrected chi connectivity index (χ0v) is 14.4. The van der Waals surface area contributed by atoms with Crippen LogP contribution in [0.3, 0.4) is 0 Å². The quantitative estimate of drug-likeness (QED) is 0.713. The maximum absolute atomic E-state index is 11.8. The second-order valence-corrected chi connectivity index (χ2v) is 7.64. The fraction of sp³-hybridized carbons (Fsp3) is 0.200. The second-order valence-electron chi connectivity index (χ2n) is 4.58. The van der Waals surface area contributed by atoms with Crippen molar-refractivity contribution < 1.29 is 4.79 Å². The fourth-order valence-electron chi connectivity index (χ4n) is 1.96. The van der Waals surface area contributed by atoms with Crippen LogP contribution in [0.5, 0.6) is 0 Å². The number of aromatic nitrogens is 1. The van der Waals surface area contributed by atoms with E-state index in [1.54, 1.807) is 22.7 Å². The van der Waals surface area contributed by atoms with E-state index >= 15 is 0 Å². The molecule has 3 rings (SSSR count).